The average molecular weight is 460 g/mol. The van der Waals surface area contributed by atoms with E-state index >= 15 is 0 Å². The molecule has 10 heteroatoms. The van der Waals surface area contributed by atoms with Crippen LogP contribution in [-0.4, -0.2) is 28.1 Å². The summed E-state index contributed by atoms with van der Waals surface area (Å²) >= 11 is 0. The summed E-state index contributed by atoms with van der Waals surface area (Å²) in [5, 5.41) is 2.79. The van der Waals surface area contributed by atoms with Gasteiger partial charge >= 0.3 is 17.3 Å². The molecule has 0 bridgehead atoms. The van der Waals surface area contributed by atoms with E-state index in [1.807, 2.05) is 0 Å². The lowest BCUT2D eigenvalue weighted by Gasteiger charge is -2.31. The van der Waals surface area contributed by atoms with E-state index in [9.17, 15) is 27.6 Å². The Morgan fingerprint density at radius 1 is 0.879 bits per heavy atom. The zero-order valence-electron chi connectivity index (χ0n) is 18.2. The molecule has 1 fully saturated rings. The fraction of sp³-hybridized carbons (Fsp3) is 0.348. The van der Waals surface area contributed by atoms with Crippen LogP contribution >= 0.6 is 0 Å². The maximum atomic E-state index is 12.9. The van der Waals surface area contributed by atoms with E-state index < -0.39 is 28.8 Å². The Balaban J connectivity index is 1.80. The Kier molecular flexibility index (Phi) is 5.77. The highest BCUT2D eigenvalue weighted by Gasteiger charge is 2.30. The molecule has 1 saturated heterocycles. The number of carbonyl (C=O) groups is 1. The van der Waals surface area contributed by atoms with Crippen molar-refractivity contribution in [3.63, 3.8) is 0 Å². The molecule has 33 heavy (non-hydrogen) atoms. The predicted octanol–water partition coefficient (Wildman–Crippen LogP) is 3.50. The number of nitrogens with one attached hydrogen (secondary N) is 1. The van der Waals surface area contributed by atoms with Crippen LogP contribution in [0.15, 0.2) is 46.0 Å². The van der Waals surface area contributed by atoms with Crippen molar-refractivity contribution < 1.29 is 18.0 Å². The van der Waals surface area contributed by atoms with Crippen LogP contribution in [0.5, 0.6) is 0 Å². The van der Waals surface area contributed by atoms with Crippen molar-refractivity contribution in [2.24, 2.45) is 14.1 Å². The number of piperidine rings is 1. The van der Waals surface area contributed by atoms with Crippen LogP contribution in [-0.2, 0) is 20.3 Å². The zero-order valence-corrected chi connectivity index (χ0v) is 18.2. The number of halogens is 3. The number of aromatic nitrogens is 2. The molecule has 1 aromatic heterocycles. The molecular formula is C23H23F3N4O3. The number of hydrogen-bond acceptors (Lipinski definition) is 4. The van der Waals surface area contributed by atoms with Gasteiger partial charge in [-0.25, -0.2) is 0 Å². The van der Waals surface area contributed by atoms with Gasteiger partial charge in [-0.15, -0.1) is 0 Å². The fourth-order valence-corrected chi connectivity index (χ4v) is 4.11. The van der Waals surface area contributed by atoms with Crippen molar-refractivity contribution in [2.75, 3.05) is 23.3 Å². The molecule has 1 amide bonds. The number of nitrogens with zero attached hydrogens (tertiary/aromatic N) is 3. The van der Waals surface area contributed by atoms with Crippen molar-refractivity contribution in [3.05, 3.63) is 68.2 Å². The Morgan fingerprint density at radius 3 is 1.97 bits per heavy atom. The molecule has 1 N–H and O–H groups in total. The molecule has 7 nitrogen and oxygen atoms in total. The standard InChI is InChI=1S/C23H23F3N4O3/c1-28-18-12-16(27-20(31)14-6-8-15(9-7-14)23(24,25)26)17(30-10-4-3-5-11-30)13-19(18)29(2)22(33)21(28)32/h6-9,12-13H,3-5,10-11H2,1-2H3,(H,27,31). The summed E-state index contributed by atoms with van der Waals surface area (Å²) in [4.78, 5) is 39.6. The fourth-order valence-electron chi connectivity index (χ4n) is 4.11. The number of carbonyl (C=O) groups excluding carboxylic acids is 1. The van der Waals surface area contributed by atoms with Gasteiger partial charge in [-0.05, 0) is 55.7 Å². The molecule has 0 atom stereocenters. The van der Waals surface area contributed by atoms with Gasteiger partial charge in [0.05, 0.1) is 28.0 Å². The van der Waals surface area contributed by atoms with E-state index in [1.165, 1.54) is 23.2 Å². The van der Waals surface area contributed by atoms with Gasteiger partial charge in [0.2, 0.25) is 0 Å². The van der Waals surface area contributed by atoms with Crippen molar-refractivity contribution in [3.8, 4) is 0 Å². The van der Waals surface area contributed by atoms with Crippen LogP contribution in [0.3, 0.4) is 0 Å². The molecule has 0 spiro atoms. The van der Waals surface area contributed by atoms with E-state index in [0.29, 0.717) is 22.4 Å². The minimum Gasteiger partial charge on any atom is -0.370 e. The lowest BCUT2D eigenvalue weighted by molar-refractivity contribution is -0.137. The summed E-state index contributed by atoms with van der Waals surface area (Å²) < 4.78 is 41.1. The topological polar surface area (TPSA) is 76.3 Å². The number of alkyl halides is 3. The first-order chi connectivity index (χ1) is 15.6. The molecule has 174 valence electrons. The molecule has 0 radical (unpaired) electrons. The van der Waals surface area contributed by atoms with Crippen LogP contribution in [0.2, 0.25) is 0 Å². The van der Waals surface area contributed by atoms with Crippen molar-refractivity contribution >= 4 is 28.3 Å². The van der Waals surface area contributed by atoms with Crippen LogP contribution in [0, 0.1) is 0 Å². The third-order valence-electron chi connectivity index (χ3n) is 6.03. The first-order valence-corrected chi connectivity index (χ1v) is 10.6. The maximum absolute atomic E-state index is 12.9. The van der Waals surface area contributed by atoms with Gasteiger partial charge in [-0.3, -0.25) is 14.4 Å². The van der Waals surface area contributed by atoms with E-state index in [2.05, 4.69) is 10.2 Å². The first kappa shape index (κ1) is 22.6. The Hall–Kier alpha value is -3.56. The van der Waals surface area contributed by atoms with Crippen LogP contribution < -0.4 is 21.3 Å². The summed E-state index contributed by atoms with van der Waals surface area (Å²) in [7, 11) is 3.00. The molecule has 3 aromatic rings. The molecule has 0 saturated carbocycles. The lowest BCUT2D eigenvalue weighted by Crippen LogP contribution is -2.39. The molecule has 1 aliphatic heterocycles. The van der Waals surface area contributed by atoms with Crippen molar-refractivity contribution in [1.82, 2.24) is 9.13 Å². The Labute approximate surface area is 187 Å². The summed E-state index contributed by atoms with van der Waals surface area (Å²) in [5.74, 6) is -0.573. The lowest BCUT2D eigenvalue weighted by atomic mass is 10.1. The molecular weight excluding hydrogens is 437 g/mol. The average Bonchev–Trinajstić information content (AvgIpc) is 2.81. The third kappa shape index (κ3) is 4.24. The zero-order chi connectivity index (χ0) is 23.9. The number of hydrogen-bond donors (Lipinski definition) is 1. The minimum absolute atomic E-state index is 0.0713. The number of anilines is 2. The van der Waals surface area contributed by atoms with Crippen LogP contribution in [0.1, 0.15) is 35.2 Å². The summed E-state index contributed by atoms with van der Waals surface area (Å²) in [6.45, 7) is 1.52. The summed E-state index contributed by atoms with van der Waals surface area (Å²) in [5.41, 5.74) is -0.0246. The molecule has 1 aliphatic rings. The summed E-state index contributed by atoms with van der Waals surface area (Å²) in [6.07, 6.45) is -1.47. The Morgan fingerprint density at radius 2 is 1.42 bits per heavy atom. The van der Waals surface area contributed by atoms with Crippen LogP contribution in [0.25, 0.3) is 11.0 Å². The van der Waals surface area contributed by atoms with Gasteiger partial charge in [0.25, 0.3) is 5.91 Å². The van der Waals surface area contributed by atoms with Gasteiger partial charge in [0.1, 0.15) is 0 Å². The Bertz CT molecular complexity index is 1330. The highest BCUT2D eigenvalue weighted by atomic mass is 19.4. The third-order valence-corrected chi connectivity index (χ3v) is 6.03. The molecule has 2 heterocycles. The van der Waals surface area contributed by atoms with Crippen molar-refractivity contribution in [2.45, 2.75) is 25.4 Å². The second kappa shape index (κ2) is 8.42. The highest BCUT2D eigenvalue weighted by Crippen LogP contribution is 2.33. The number of benzene rings is 2. The van der Waals surface area contributed by atoms with E-state index in [4.69, 9.17) is 0 Å². The normalized spacial score (nSPS) is 14.5. The van der Waals surface area contributed by atoms with Crippen molar-refractivity contribution in [1.29, 1.82) is 0 Å². The quantitative estimate of drug-likeness (QED) is 0.607. The molecule has 0 aliphatic carbocycles. The predicted molar refractivity (Wildman–Crippen MR) is 120 cm³/mol. The first-order valence-electron chi connectivity index (χ1n) is 10.6. The van der Waals surface area contributed by atoms with Gasteiger partial charge in [0.15, 0.2) is 0 Å². The van der Waals surface area contributed by atoms with E-state index in [0.717, 1.165) is 56.6 Å². The van der Waals surface area contributed by atoms with Gasteiger partial charge < -0.3 is 19.4 Å². The number of rotatable bonds is 3. The number of fused-ring (bicyclic) bond motifs is 1. The monoisotopic (exact) mass is 460 g/mol. The second-order valence-corrected chi connectivity index (χ2v) is 8.16. The number of amides is 1. The second-order valence-electron chi connectivity index (χ2n) is 8.16. The van der Waals surface area contributed by atoms with Gasteiger partial charge in [0, 0.05) is 32.7 Å². The molecule has 2 aromatic carbocycles. The minimum atomic E-state index is -4.49. The largest absolute Gasteiger partial charge is 0.416 e. The van der Waals surface area contributed by atoms with Gasteiger partial charge in [-0.2, -0.15) is 13.2 Å². The summed E-state index contributed by atoms with van der Waals surface area (Å²) in [6, 6.07) is 7.37. The molecule has 4 rings (SSSR count). The van der Waals surface area contributed by atoms with Crippen LogP contribution in [0.4, 0.5) is 24.5 Å². The van der Waals surface area contributed by atoms with Gasteiger partial charge in [-0.1, -0.05) is 0 Å². The maximum Gasteiger partial charge on any atom is 0.416 e. The number of aryl methyl sites for hydroxylation is 2. The van der Waals surface area contributed by atoms with E-state index in [-0.39, 0.29) is 5.56 Å². The SMILES string of the molecule is Cn1c(=O)c(=O)n(C)c2cc(N3CCCCC3)c(NC(=O)c3ccc(C(F)(F)F)cc3)cc21. The smallest absolute Gasteiger partial charge is 0.370 e. The molecule has 0 unspecified atom stereocenters. The van der Waals surface area contributed by atoms with E-state index in [1.54, 1.807) is 12.1 Å². The highest BCUT2D eigenvalue weighted by molar-refractivity contribution is 6.07.